The molecule has 1 saturated heterocycles. The summed E-state index contributed by atoms with van der Waals surface area (Å²) in [4.78, 5) is 13.0. The summed E-state index contributed by atoms with van der Waals surface area (Å²) >= 11 is 0. The SMILES string of the molecule is COc1ccc(C(=O)Nc2ccnn2[C@@H](C)c2ccccc2)cc1S(=O)(=O)N1CCCC1. The molecule has 0 bridgehead atoms. The molecule has 1 N–H and O–H groups in total. The van der Waals surface area contributed by atoms with Crippen molar-refractivity contribution >= 4 is 21.7 Å². The van der Waals surface area contributed by atoms with Crippen LogP contribution >= 0.6 is 0 Å². The van der Waals surface area contributed by atoms with Gasteiger partial charge in [0, 0.05) is 24.7 Å². The molecular weight excluding hydrogens is 428 g/mol. The van der Waals surface area contributed by atoms with E-state index in [1.54, 1.807) is 23.0 Å². The van der Waals surface area contributed by atoms with E-state index in [0.717, 1.165) is 18.4 Å². The van der Waals surface area contributed by atoms with E-state index in [-0.39, 0.29) is 22.3 Å². The number of methoxy groups -OCH3 is 1. The summed E-state index contributed by atoms with van der Waals surface area (Å²) in [6, 6.07) is 15.9. The number of rotatable bonds is 7. The first kappa shape index (κ1) is 22.0. The van der Waals surface area contributed by atoms with Crippen LogP contribution in [-0.2, 0) is 10.0 Å². The summed E-state index contributed by atoms with van der Waals surface area (Å²) in [5.41, 5.74) is 1.28. The Morgan fingerprint density at radius 2 is 1.81 bits per heavy atom. The lowest BCUT2D eigenvalue weighted by Gasteiger charge is -2.19. The normalized spacial score (nSPS) is 15.4. The Morgan fingerprint density at radius 3 is 2.50 bits per heavy atom. The van der Waals surface area contributed by atoms with Gasteiger partial charge in [-0.3, -0.25) is 4.79 Å². The lowest BCUT2D eigenvalue weighted by Crippen LogP contribution is -2.28. The molecule has 1 aliphatic heterocycles. The van der Waals surface area contributed by atoms with Crippen LogP contribution in [0.4, 0.5) is 5.82 Å². The van der Waals surface area contributed by atoms with E-state index in [9.17, 15) is 13.2 Å². The van der Waals surface area contributed by atoms with Gasteiger partial charge in [-0.2, -0.15) is 9.40 Å². The van der Waals surface area contributed by atoms with E-state index in [0.29, 0.717) is 18.9 Å². The maximum absolute atomic E-state index is 13.1. The maximum Gasteiger partial charge on any atom is 0.256 e. The highest BCUT2D eigenvalue weighted by atomic mass is 32.2. The molecule has 0 aliphatic carbocycles. The number of anilines is 1. The summed E-state index contributed by atoms with van der Waals surface area (Å²) in [6.45, 7) is 2.93. The largest absolute Gasteiger partial charge is 0.495 e. The first-order valence-electron chi connectivity index (χ1n) is 10.5. The van der Waals surface area contributed by atoms with Crippen molar-refractivity contribution in [1.29, 1.82) is 0 Å². The second-order valence-corrected chi connectivity index (χ2v) is 9.58. The molecule has 2 heterocycles. The molecule has 0 radical (unpaired) electrons. The molecular formula is C23H26N4O4S. The minimum atomic E-state index is -3.75. The third-order valence-electron chi connectivity index (χ3n) is 5.67. The third-order valence-corrected chi connectivity index (χ3v) is 7.59. The number of sulfonamides is 1. The van der Waals surface area contributed by atoms with Gasteiger partial charge in [-0.05, 0) is 43.5 Å². The molecule has 2 aromatic carbocycles. The number of hydrogen-bond acceptors (Lipinski definition) is 5. The minimum Gasteiger partial charge on any atom is -0.495 e. The minimum absolute atomic E-state index is 0.000659. The first-order valence-corrected chi connectivity index (χ1v) is 11.9. The molecule has 32 heavy (non-hydrogen) atoms. The molecule has 1 fully saturated rings. The molecule has 1 amide bonds. The number of nitrogens with one attached hydrogen (secondary N) is 1. The van der Waals surface area contributed by atoms with E-state index in [4.69, 9.17) is 4.74 Å². The zero-order valence-electron chi connectivity index (χ0n) is 18.1. The van der Waals surface area contributed by atoms with Gasteiger partial charge < -0.3 is 10.1 Å². The predicted molar refractivity (Wildman–Crippen MR) is 121 cm³/mol. The fraction of sp³-hybridized carbons (Fsp3) is 0.304. The van der Waals surface area contributed by atoms with Gasteiger partial charge in [0.1, 0.15) is 16.5 Å². The number of benzene rings is 2. The van der Waals surface area contributed by atoms with E-state index in [1.807, 2.05) is 37.3 Å². The van der Waals surface area contributed by atoms with Crippen molar-refractivity contribution in [2.75, 3.05) is 25.5 Å². The van der Waals surface area contributed by atoms with Crippen LogP contribution in [0.25, 0.3) is 0 Å². The van der Waals surface area contributed by atoms with Crippen molar-refractivity contribution in [3.8, 4) is 5.75 Å². The second kappa shape index (κ2) is 9.13. The molecule has 4 rings (SSSR count). The number of carbonyl (C=O) groups excluding carboxylic acids is 1. The van der Waals surface area contributed by atoms with Gasteiger partial charge in [-0.1, -0.05) is 30.3 Å². The quantitative estimate of drug-likeness (QED) is 0.589. The van der Waals surface area contributed by atoms with Crippen molar-refractivity contribution in [3.63, 3.8) is 0 Å². The molecule has 3 aromatic rings. The number of aromatic nitrogens is 2. The highest BCUT2D eigenvalue weighted by Crippen LogP contribution is 2.30. The molecule has 1 aromatic heterocycles. The highest BCUT2D eigenvalue weighted by Gasteiger charge is 2.30. The molecule has 0 saturated carbocycles. The summed E-state index contributed by atoms with van der Waals surface area (Å²) < 4.78 is 34.6. The van der Waals surface area contributed by atoms with Gasteiger partial charge in [0.25, 0.3) is 5.91 Å². The zero-order chi connectivity index (χ0) is 22.7. The molecule has 1 atom stereocenters. The van der Waals surface area contributed by atoms with Crippen molar-refractivity contribution in [2.45, 2.75) is 30.7 Å². The van der Waals surface area contributed by atoms with Gasteiger partial charge in [0.15, 0.2) is 0 Å². The van der Waals surface area contributed by atoms with Crippen molar-refractivity contribution in [1.82, 2.24) is 14.1 Å². The Kier molecular flexibility index (Phi) is 6.29. The Morgan fingerprint density at radius 1 is 1.09 bits per heavy atom. The molecule has 0 unspecified atom stereocenters. The molecule has 168 valence electrons. The lowest BCUT2D eigenvalue weighted by atomic mass is 10.1. The van der Waals surface area contributed by atoms with Crippen LogP contribution < -0.4 is 10.1 Å². The molecule has 9 heteroatoms. The topological polar surface area (TPSA) is 93.5 Å². The van der Waals surface area contributed by atoms with Crippen LogP contribution in [0.5, 0.6) is 5.75 Å². The number of amides is 1. The lowest BCUT2D eigenvalue weighted by molar-refractivity contribution is 0.102. The average molecular weight is 455 g/mol. The highest BCUT2D eigenvalue weighted by molar-refractivity contribution is 7.89. The first-order chi connectivity index (χ1) is 15.4. The molecule has 0 spiro atoms. The van der Waals surface area contributed by atoms with Gasteiger partial charge in [-0.15, -0.1) is 0 Å². The molecule has 1 aliphatic rings. The second-order valence-electron chi connectivity index (χ2n) is 7.68. The van der Waals surface area contributed by atoms with Crippen LogP contribution in [0.2, 0.25) is 0 Å². The Balaban J connectivity index is 1.61. The fourth-order valence-electron chi connectivity index (χ4n) is 3.87. The van der Waals surface area contributed by atoms with Crippen molar-refractivity contribution in [3.05, 3.63) is 71.9 Å². The summed E-state index contributed by atoms with van der Waals surface area (Å²) in [7, 11) is -2.33. The Labute approximate surface area is 187 Å². The van der Waals surface area contributed by atoms with E-state index in [2.05, 4.69) is 10.4 Å². The van der Waals surface area contributed by atoms with Crippen molar-refractivity contribution < 1.29 is 17.9 Å². The van der Waals surface area contributed by atoms with E-state index < -0.39 is 15.9 Å². The van der Waals surface area contributed by atoms with Crippen LogP contribution in [-0.4, -0.2) is 48.6 Å². The number of nitrogens with zero attached hydrogens (tertiary/aromatic N) is 3. The third kappa shape index (κ3) is 4.26. The van der Waals surface area contributed by atoms with Crippen LogP contribution in [0.1, 0.15) is 41.7 Å². The van der Waals surface area contributed by atoms with Gasteiger partial charge in [0.2, 0.25) is 10.0 Å². The van der Waals surface area contributed by atoms with Gasteiger partial charge in [0.05, 0.1) is 19.3 Å². The Bertz CT molecular complexity index is 1200. The number of carbonyl (C=O) groups is 1. The Hall–Kier alpha value is -3.17. The molecule has 8 nitrogen and oxygen atoms in total. The van der Waals surface area contributed by atoms with E-state index in [1.165, 1.54) is 23.5 Å². The standard InChI is InChI=1S/C23H26N4O4S/c1-17(18-8-4-3-5-9-18)27-22(12-13-24-27)25-23(28)19-10-11-20(31-2)21(16-19)32(29,30)26-14-6-7-15-26/h3-5,8-13,16-17H,6-7,14-15H2,1-2H3,(H,25,28)/t17-/m0/s1. The van der Waals surface area contributed by atoms with E-state index >= 15 is 0 Å². The van der Waals surface area contributed by atoms with Gasteiger partial charge >= 0.3 is 0 Å². The van der Waals surface area contributed by atoms with Gasteiger partial charge in [-0.25, -0.2) is 13.1 Å². The number of hydrogen-bond donors (Lipinski definition) is 1. The van der Waals surface area contributed by atoms with Crippen LogP contribution in [0.15, 0.2) is 65.7 Å². The predicted octanol–water partition coefficient (Wildman–Crippen LogP) is 3.54. The summed E-state index contributed by atoms with van der Waals surface area (Å²) in [6.07, 6.45) is 3.27. The fourth-order valence-corrected chi connectivity index (χ4v) is 5.57. The smallest absolute Gasteiger partial charge is 0.256 e. The summed E-state index contributed by atoms with van der Waals surface area (Å²) in [5, 5.41) is 7.21. The average Bonchev–Trinajstić information content (AvgIpc) is 3.51. The summed E-state index contributed by atoms with van der Waals surface area (Å²) in [5.74, 6) is 0.315. The maximum atomic E-state index is 13.1. The van der Waals surface area contributed by atoms with Crippen molar-refractivity contribution in [2.24, 2.45) is 0 Å². The zero-order valence-corrected chi connectivity index (χ0v) is 18.9. The number of ether oxygens (including phenoxy) is 1. The van der Waals surface area contributed by atoms with Crippen LogP contribution in [0, 0.1) is 0 Å². The van der Waals surface area contributed by atoms with Crippen LogP contribution in [0.3, 0.4) is 0 Å². The monoisotopic (exact) mass is 454 g/mol.